The van der Waals surface area contributed by atoms with Gasteiger partial charge in [-0.2, -0.15) is 0 Å². The summed E-state index contributed by atoms with van der Waals surface area (Å²) in [4.78, 5) is 0. The van der Waals surface area contributed by atoms with E-state index in [1.165, 1.54) is 266 Å². The highest BCUT2D eigenvalue weighted by atomic mass is 14.6. The monoisotopic (exact) mass is 1240 g/mol. The van der Waals surface area contributed by atoms with Crippen molar-refractivity contribution in [3.05, 3.63) is 234 Å². The lowest BCUT2D eigenvalue weighted by Crippen LogP contribution is -2.31. The first-order chi connectivity index (χ1) is 43.5. The van der Waals surface area contributed by atoms with Gasteiger partial charge in [0, 0.05) is 5.41 Å². The van der Waals surface area contributed by atoms with Crippen LogP contribution in [0.25, 0.3) is 65.7 Å². The molecule has 1 spiro atoms. The summed E-state index contributed by atoms with van der Waals surface area (Å²) in [7, 11) is 0. The molecule has 0 saturated carbocycles. The fraction of sp³-hybridized carbons (Fsp3) is 0.426. The fourth-order valence-electron chi connectivity index (χ4n) is 19.9. The zero-order chi connectivity index (χ0) is 70.2. The van der Waals surface area contributed by atoms with Gasteiger partial charge < -0.3 is 0 Å². The molecular formula is C94H114. The Hall–Kier alpha value is -7.02. The van der Waals surface area contributed by atoms with E-state index >= 15 is 0 Å². The van der Waals surface area contributed by atoms with Crippen LogP contribution in [0.1, 0.15) is 248 Å². The summed E-state index contributed by atoms with van der Waals surface area (Å²) in [6.07, 6.45) is 0. The first kappa shape index (κ1) is 68.4. The van der Waals surface area contributed by atoms with Gasteiger partial charge in [-0.25, -0.2) is 0 Å². The zero-order valence-electron chi connectivity index (χ0n) is 66.0. The summed E-state index contributed by atoms with van der Waals surface area (Å²) in [5.74, 6) is 0. The van der Waals surface area contributed by atoms with Crippen molar-refractivity contribution in [2.24, 2.45) is 0 Å². The van der Waals surface area contributed by atoms with Crippen molar-refractivity contribution in [2.75, 3.05) is 0 Å². The van der Waals surface area contributed by atoms with Gasteiger partial charge in [0.15, 0.2) is 0 Å². The summed E-state index contributed by atoms with van der Waals surface area (Å²) >= 11 is 0. The molecule has 0 radical (unpaired) electrons. The van der Waals surface area contributed by atoms with Crippen molar-refractivity contribution in [3.8, 4) is 33.4 Å². The van der Waals surface area contributed by atoms with Gasteiger partial charge in [-0.15, -0.1) is 0 Å². The molecule has 13 rings (SSSR count). The Kier molecular flexibility index (Phi) is 16.2. The molecule has 0 amide bonds. The maximum absolute atomic E-state index is 2.42. The van der Waals surface area contributed by atoms with Gasteiger partial charge in [0.1, 0.15) is 0 Å². The van der Waals surface area contributed by atoms with Crippen molar-refractivity contribution >= 4 is 32.3 Å². The Labute approximate surface area is 569 Å². The molecule has 0 unspecified atom stereocenters. The van der Waals surface area contributed by atoms with Crippen LogP contribution < -0.4 is 0 Å². The molecule has 0 heteroatoms. The van der Waals surface area contributed by atoms with Gasteiger partial charge in [-0.05, 0) is 549 Å². The molecule has 490 valence electrons. The van der Waals surface area contributed by atoms with Crippen molar-refractivity contribution in [2.45, 2.75) is 274 Å². The van der Waals surface area contributed by atoms with Gasteiger partial charge >= 0.3 is 0 Å². The third kappa shape index (κ3) is 8.28. The predicted octanol–water partition coefficient (Wildman–Crippen LogP) is 26.3. The standard InChI is InChI=1S/C41H48.C30H36.C23H30/c1-17-21(5)29(13)37-33(25(17)9)34-26(10)18(2)22(6)30(14)38(34)41(37)39-31(15)23(7)19(3)27(11)35(39)36-28(12)20(4)24(8)32(16)40(36)41;1-13-14(2)20(8)26-25(19(13)7)27-21(9)15(3)16(4)23(11)29(27)30-24(12)18(6)17(5)22(10)28(26)30;1-11-13(3)17(7)21-19(15(11)5)20-16(6)12(2)14(4)18(8)22(20)23(21,9)10/h1-16H3;1-12H3;1-10H3. The minimum atomic E-state index is -0.323. The Morgan fingerprint density at radius 2 is 0.223 bits per heavy atom. The van der Waals surface area contributed by atoms with Crippen molar-refractivity contribution in [1.82, 2.24) is 0 Å². The van der Waals surface area contributed by atoms with Crippen molar-refractivity contribution < 1.29 is 0 Å². The first-order valence-electron chi connectivity index (χ1n) is 35.5. The fourth-order valence-corrected chi connectivity index (χ4v) is 19.9. The van der Waals surface area contributed by atoms with E-state index in [0.29, 0.717) is 0 Å². The average molecular weight is 1240 g/mol. The molecule has 0 heterocycles. The topological polar surface area (TPSA) is 0 Å². The molecule has 3 aliphatic carbocycles. The predicted molar refractivity (Wildman–Crippen MR) is 416 cm³/mol. The molecule has 0 aliphatic heterocycles. The SMILES string of the molecule is Cc1c(C)c(C)c2c(c1C)-c1c(C)c(C)c(C)c(C)c1C2(C)C.Cc1c(C)c(C)c2c(c1C)-c1c(C)c(C)c(C)c(C)c1C21c2c(C)c(C)c(C)c(C)c2-c2c(C)c(C)c(C)c(C)c21.Cc1c(C)c(C)c2c(c1C)c1c(C)c(C)c(C)c(C)c1c1c(C)c(C)c(C)c(C)c21. The number of hydrogen-bond donors (Lipinski definition) is 0. The molecule has 0 nitrogen and oxygen atoms in total. The van der Waals surface area contributed by atoms with Crippen LogP contribution in [0.2, 0.25) is 0 Å². The van der Waals surface area contributed by atoms with Crippen molar-refractivity contribution in [1.29, 1.82) is 0 Å². The number of benzene rings is 10. The first-order valence-corrected chi connectivity index (χ1v) is 35.5. The van der Waals surface area contributed by atoms with Crippen LogP contribution in [0.15, 0.2) is 0 Å². The molecule has 0 saturated heterocycles. The van der Waals surface area contributed by atoms with Crippen LogP contribution in [0.4, 0.5) is 0 Å². The molecule has 0 atom stereocenters. The number of fused-ring (bicyclic) bond motifs is 19. The van der Waals surface area contributed by atoms with Gasteiger partial charge in [-0.3, -0.25) is 0 Å². The highest BCUT2D eigenvalue weighted by Crippen LogP contribution is 2.69. The maximum Gasteiger partial charge on any atom is 0.0736 e. The summed E-state index contributed by atoms with van der Waals surface area (Å²) in [5.41, 5.74) is 70.5. The van der Waals surface area contributed by atoms with E-state index in [0.717, 1.165) is 0 Å². The Balaban J connectivity index is 0.000000150. The summed E-state index contributed by atoms with van der Waals surface area (Å²) in [6, 6.07) is 0. The van der Waals surface area contributed by atoms with Crippen LogP contribution in [0, 0.1) is 249 Å². The third-order valence-corrected chi connectivity index (χ3v) is 28.4. The summed E-state index contributed by atoms with van der Waals surface area (Å²) < 4.78 is 0. The average Bonchev–Trinajstić information content (AvgIpc) is 1.42. The Bertz CT molecular complexity index is 4540. The summed E-state index contributed by atoms with van der Waals surface area (Å²) in [5, 5.41) is 8.88. The smallest absolute Gasteiger partial charge is 0.0516 e. The summed E-state index contributed by atoms with van der Waals surface area (Å²) in [6.45, 7) is 89.1. The molecule has 0 N–H and O–H groups in total. The highest BCUT2D eigenvalue weighted by Gasteiger charge is 2.57. The molecule has 10 aromatic carbocycles. The third-order valence-electron chi connectivity index (χ3n) is 28.4. The quantitative estimate of drug-likeness (QED) is 0.133. The lowest BCUT2D eigenvalue weighted by Gasteiger charge is -2.37. The second-order valence-corrected chi connectivity index (χ2v) is 31.6. The van der Waals surface area contributed by atoms with Crippen LogP contribution in [0.5, 0.6) is 0 Å². The van der Waals surface area contributed by atoms with Gasteiger partial charge in [0.25, 0.3) is 0 Å². The molecule has 0 aromatic heterocycles. The van der Waals surface area contributed by atoms with Crippen LogP contribution in [0.3, 0.4) is 0 Å². The molecule has 0 fully saturated rings. The van der Waals surface area contributed by atoms with E-state index < -0.39 is 0 Å². The minimum Gasteiger partial charge on any atom is -0.0516 e. The van der Waals surface area contributed by atoms with E-state index in [1.54, 1.807) is 33.4 Å². The van der Waals surface area contributed by atoms with E-state index in [-0.39, 0.29) is 10.8 Å². The lowest BCUT2D eigenvalue weighted by atomic mass is 9.64. The van der Waals surface area contributed by atoms with E-state index in [1.807, 2.05) is 0 Å². The van der Waals surface area contributed by atoms with E-state index in [9.17, 15) is 0 Å². The van der Waals surface area contributed by atoms with Gasteiger partial charge in [0.2, 0.25) is 0 Å². The number of aryl methyl sites for hydroxylation is 6. The second kappa shape index (κ2) is 22.3. The molecule has 94 heavy (non-hydrogen) atoms. The minimum absolute atomic E-state index is 0.0886. The zero-order valence-corrected chi connectivity index (χ0v) is 66.0. The molecule has 10 aromatic rings. The molecule has 3 aliphatic rings. The molecule has 0 bridgehead atoms. The van der Waals surface area contributed by atoms with E-state index in [4.69, 9.17) is 0 Å². The Morgan fingerprint density at radius 1 is 0.117 bits per heavy atom. The Morgan fingerprint density at radius 3 is 0.372 bits per heavy atom. The lowest BCUT2D eigenvalue weighted by molar-refractivity contribution is 0.648. The molecular weight excluding hydrogens is 1130 g/mol. The second-order valence-electron chi connectivity index (χ2n) is 31.6. The highest BCUT2D eigenvalue weighted by molar-refractivity contribution is 6.31. The van der Waals surface area contributed by atoms with Crippen LogP contribution in [-0.4, -0.2) is 0 Å². The van der Waals surface area contributed by atoms with Crippen molar-refractivity contribution in [3.63, 3.8) is 0 Å². The largest absolute Gasteiger partial charge is 0.0736 e. The van der Waals surface area contributed by atoms with E-state index in [2.05, 4.69) is 263 Å². The van der Waals surface area contributed by atoms with Crippen LogP contribution >= 0.6 is 0 Å². The number of rotatable bonds is 0. The maximum atomic E-state index is 2.42. The normalized spacial score (nSPS) is 13.6. The van der Waals surface area contributed by atoms with Crippen LogP contribution in [-0.2, 0) is 10.8 Å². The van der Waals surface area contributed by atoms with Gasteiger partial charge in [-0.1, -0.05) is 13.8 Å². The van der Waals surface area contributed by atoms with Gasteiger partial charge in [0.05, 0.1) is 5.41 Å². The number of hydrogen-bond acceptors (Lipinski definition) is 0.